The molecule has 0 radical (unpaired) electrons. The summed E-state index contributed by atoms with van der Waals surface area (Å²) >= 11 is 4.72. The Morgan fingerprint density at radius 2 is 2.27 bits per heavy atom. The molecule has 5 nitrogen and oxygen atoms in total. The Labute approximate surface area is 90.9 Å². The van der Waals surface area contributed by atoms with Crippen molar-refractivity contribution in [1.29, 1.82) is 0 Å². The van der Waals surface area contributed by atoms with Crippen molar-refractivity contribution >= 4 is 17.2 Å². The maximum absolute atomic E-state index is 11.4. The van der Waals surface area contributed by atoms with Gasteiger partial charge in [-0.15, -0.1) is 0 Å². The minimum Gasteiger partial charge on any atom is -0.389 e. The zero-order valence-electron chi connectivity index (χ0n) is 8.03. The average molecular weight is 225 g/mol. The number of thiocarbonyl (C=S) groups is 1. The molecule has 6 heteroatoms. The minimum absolute atomic E-state index is 0.0146. The predicted octanol–water partition coefficient (Wildman–Crippen LogP) is -0.419. The van der Waals surface area contributed by atoms with Gasteiger partial charge < -0.3 is 5.73 Å². The quantitative estimate of drug-likeness (QED) is 0.685. The van der Waals surface area contributed by atoms with Crippen molar-refractivity contribution in [1.82, 2.24) is 9.55 Å². The molecule has 0 saturated heterocycles. The second-order valence-electron chi connectivity index (χ2n) is 3.76. The molecule has 1 heterocycles. The molecular weight excluding hydrogens is 214 g/mol. The summed E-state index contributed by atoms with van der Waals surface area (Å²) in [5.41, 5.74) is 4.66. The molecular formula is C9H11N3O2S. The molecule has 3 N–H and O–H groups in total. The Bertz CT molecular complexity index is 513. The van der Waals surface area contributed by atoms with Crippen molar-refractivity contribution in [2.45, 2.75) is 19.4 Å². The van der Waals surface area contributed by atoms with Gasteiger partial charge in [-0.3, -0.25) is 14.3 Å². The molecule has 1 aliphatic rings. The Balaban J connectivity index is 2.45. The fourth-order valence-corrected chi connectivity index (χ4v) is 1.54. The minimum atomic E-state index is -0.514. The zero-order valence-corrected chi connectivity index (χ0v) is 8.84. The van der Waals surface area contributed by atoms with Crippen LogP contribution in [0.3, 0.4) is 0 Å². The van der Waals surface area contributed by atoms with Gasteiger partial charge in [0.05, 0.1) is 5.56 Å². The van der Waals surface area contributed by atoms with Gasteiger partial charge in [0, 0.05) is 12.7 Å². The molecule has 15 heavy (non-hydrogen) atoms. The predicted molar refractivity (Wildman–Crippen MR) is 59.9 cm³/mol. The molecule has 2 rings (SSSR count). The summed E-state index contributed by atoms with van der Waals surface area (Å²) in [6.07, 6.45) is 3.71. The lowest BCUT2D eigenvalue weighted by atomic mass is 10.3. The van der Waals surface area contributed by atoms with E-state index in [0.717, 1.165) is 12.8 Å². The summed E-state index contributed by atoms with van der Waals surface area (Å²) in [5, 5.41) is 0. The van der Waals surface area contributed by atoms with Crippen LogP contribution in [0.25, 0.3) is 0 Å². The first kappa shape index (κ1) is 10.1. The standard InChI is InChI=1S/C9H11N3O2S/c10-7(15)6-4-12(3-5-1-2-5)9(14)11-8(6)13/h4-5H,1-3H2,(H2,10,15)(H,11,13,14). The number of hydrogen-bond donors (Lipinski definition) is 2. The number of nitrogens with two attached hydrogens (primary N) is 1. The maximum atomic E-state index is 11.4. The van der Waals surface area contributed by atoms with Gasteiger partial charge in [-0.05, 0) is 18.8 Å². The van der Waals surface area contributed by atoms with Crippen molar-refractivity contribution in [2.75, 3.05) is 0 Å². The monoisotopic (exact) mass is 225 g/mol. The number of H-pyrrole nitrogens is 1. The summed E-state index contributed by atoms with van der Waals surface area (Å²) < 4.78 is 1.47. The number of aromatic amines is 1. The summed E-state index contributed by atoms with van der Waals surface area (Å²) in [7, 11) is 0. The van der Waals surface area contributed by atoms with E-state index in [1.54, 1.807) is 0 Å². The Morgan fingerprint density at radius 1 is 1.60 bits per heavy atom. The van der Waals surface area contributed by atoms with Gasteiger partial charge in [0.1, 0.15) is 4.99 Å². The molecule has 0 amide bonds. The van der Waals surface area contributed by atoms with E-state index in [0.29, 0.717) is 12.5 Å². The summed E-state index contributed by atoms with van der Waals surface area (Å²) in [5.74, 6) is 0.549. The topological polar surface area (TPSA) is 80.9 Å². The van der Waals surface area contributed by atoms with Crippen molar-refractivity contribution < 1.29 is 0 Å². The van der Waals surface area contributed by atoms with Gasteiger partial charge >= 0.3 is 5.69 Å². The van der Waals surface area contributed by atoms with Crippen molar-refractivity contribution in [2.24, 2.45) is 11.7 Å². The third kappa shape index (κ3) is 2.15. The second kappa shape index (κ2) is 3.62. The van der Waals surface area contributed by atoms with Gasteiger partial charge in [0.25, 0.3) is 5.56 Å². The van der Waals surface area contributed by atoms with Gasteiger partial charge in [0.2, 0.25) is 0 Å². The van der Waals surface area contributed by atoms with Crippen LogP contribution < -0.4 is 17.0 Å². The lowest BCUT2D eigenvalue weighted by molar-refractivity contribution is 0.589. The van der Waals surface area contributed by atoms with Crippen LogP contribution in [0.4, 0.5) is 0 Å². The van der Waals surface area contributed by atoms with Crippen molar-refractivity contribution in [3.05, 3.63) is 32.6 Å². The Hall–Kier alpha value is -1.43. The normalized spacial score (nSPS) is 15.2. The van der Waals surface area contributed by atoms with E-state index in [9.17, 15) is 9.59 Å². The van der Waals surface area contributed by atoms with E-state index in [1.165, 1.54) is 10.8 Å². The molecule has 0 bridgehead atoms. The maximum Gasteiger partial charge on any atom is 0.328 e. The fraction of sp³-hybridized carbons (Fsp3) is 0.444. The first-order valence-electron chi connectivity index (χ1n) is 4.71. The molecule has 0 unspecified atom stereocenters. The van der Waals surface area contributed by atoms with Gasteiger partial charge in [-0.2, -0.15) is 0 Å². The van der Waals surface area contributed by atoms with E-state index in [1.807, 2.05) is 0 Å². The van der Waals surface area contributed by atoms with Crippen LogP contribution in [-0.4, -0.2) is 14.5 Å². The highest BCUT2D eigenvalue weighted by atomic mass is 32.1. The van der Waals surface area contributed by atoms with E-state index in [2.05, 4.69) is 4.98 Å². The third-order valence-corrected chi connectivity index (χ3v) is 2.65. The van der Waals surface area contributed by atoms with E-state index in [4.69, 9.17) is 18.0 Å². The van der Waals surface area contributed by atoms with Crippen LogP contribution >= 0.6 is 12.2 Å². The molecule has 1 aromatic rings. The molecule has 1 saturated carbocycles. The molecule has 0 spiro atoms. The summed E-state index contributed by atoms with van der Waals surface area (Å²) in [6, 6.07) is 0. The van der Waals surface area contributed by atoms with Crippen molar-refractivity contribution in [3.63, 3.8) is 0 Å². The number of hydrogen-bond acceptors (Lipinski definition) is 3. The lowest BCUT2D eigenvalue weighted by Crippen LogP contribution is -2.35. The number of nitrogens with one attached hydrogen (secondary N) is 1. The zero-order chi connectivity index (χ0) is 11.0. The first-order valence-corrected chi connectivity index (χ1v) is 5.12. The van der Waals surface area contributed by atoms with Crippen LogP contribution in [0.15, 0.2) is 15.8 Å². The van der Waals surface area contributed by atoms with Gasteiger partial charge in [-0.1, -0.05) is 12.2 Å². The van der Waals surface area contributed by atoms with Crippen LogP contribution in [0, 0.1) is 5.92 Å². The lowest BCUT2D eigenvalue weighted by Gasteiger charge is -2.05. The van der Waals surface area contributed by atoms with Gasteiger partial charge in [-0.25, -0.2) is 4.79 Å². The molecule has 1 fully saturated rings. The molecule has 0 atom stereocenters. The highest BCUT2D eigenvalue weighted by molar-refractivity contribution is 7.80. The average Bonchev–Trinajstić information content (AvgIpc) is 2.92. The van der Waals surface area contributed by atoms with Crippen molar-refractivity contribution in [3.8, 4) is 0 Å². The van der Waals surface area contributed by atoms with E-state index >= 15 is 0 Å². The smallest absolute Gasteiger partial charge is 0.328 e. The molecule has 0 aliphatic heterocycles. The molecule has 0 aromatic carbocycles. The van der Waals surface area contributed by atoms with E-state index < -0.39 is 11.2 Å². The Kier molecular flexibility index (Phi) is 2.44. The second-order valence-corrected chi connectivity index (χ2v) is 4.20. The van der Waals surface area contributed by atoms with Crippen LogP contribution in [0.1, 0.15) is 18.4 Å². The number of rotatable bonds is 3. The third-order valence-electron chi connectivity index (χ3n) is 2.43. The van der Waals surface area contributed by atoms with Crippen LogP contribution in [0.2, 0.25) is 0 Å². The number of aromatic nitrogens is 2. The van der Waals surface area contributed by atoms with Crippen LogP contribution in [-0.2, 0) is 6.54 Å². The van der Waals surface area contributed by atoms with Crippen LogP contribution in [0.5, 0.6) is 0 Å². The molecule has 80 valence electrons. The fourth-order valence-electron chi connectivity index (χ4n) is 1.40. The Morgan fingerprint density at radius 3 is 2.80 bits per heavy atom. The largest absolute Gasteiger partial charge is 0.389 e. The summed E-state index contributed by atoms with van der Waals surface area (Å²) in [4.78, 5) is 24.9. The first-order chi connectivity index (χ1) is 7.08. The summed E-state index contributed by atoms with van der Waals surface area (Å²) in [6.45, 7) is 0.630. The van der Waals surface area contributed by atoms with E-state index in [-0.39, 0.29) is 10.6 Å². The number of nitrogens with zero attached hydrogens (tertiary/aromatic N) is 1. The molecule has 1 aromatic heterocycles. The highest BCUT2D eigenvalue weighted by Gasteiger charge is 2.22. The SMILES string of the molecule is NC(=S)c1cn(CC2CC2)c(=O)[nH]c1=O. The molecule has 1 aliphatic carbocycles. The van der Waals surface area contributed by atoms with Gasteiger partial charge in [0.15, 0.2) is 0 Å². The highest BCUT2D eigenvalue weighted by Crippen LogP contribution is 2.29.